The molecule has 0 saturated carbocycles. The normalized spacial score (nSPS) is 15.1. The van der Waals surface area contributed by atoms with Gasteiger partial charge in [0, 0.05) is 6.42 Å². The molecule has 0 aromatic heterocycles. The maximum absolute atomic E-state index is 12.8. The van der Waals surface area contributed by atoms with Crippen molar-refractivity contribution >= 4 is 13.7 Å². The molecule has 0 rings (SSSR count). The molecular weight excluding hydrogens is 707 g/mol. The average molecular weight is 792 g/mol. The number of phosphoric ester groups is 1. The number of phosphoric acid groups is 1. The lowest BCUT2D eigenvalue weighted by atomic mass is 10.1. The quantitative estimate of drug-likeness (QED) is 0.0249. The van der Waals surface area contributed by atoms with Gasteiger partial charge < -0.3 is 19.8 Å². The lowest BCUT2D eigenvalue weighted by molar-refractivity contribution is -0.870. The maximum atomic E-state index is 12.8. The summed E-state index contributed by atoms with van der Waals surface area (Å²) in [6.07, 6.45) is 49.7. The van der Waals surface area contributed by atoms with Crippen molar-refractivity contribution in [2.45, 2.75) is 174 Å². The van der Waals surface area contributed by atoms with E-state index in [-0.39, 0.29) is 19.1 Å². The van der Waals surface area contributed by atoms with Gasteiger partial charge in [0.25, 0.3) is 0 Å². The first-order chi connectivity index (χ1) is 26.5. The molecule has 0 aromatic carbocycles. The zero-order valence-corrected chi connectivity index (χ0v) is 36.8. The van der Waals surface area contributed by atoms with Crippen LogP contribution in [0.2, 0.25) is 0 Å². The van der Waals surface area contributed by atoms with Crippen LogP contribution < -0.4 is 5.32 Å². The third-order valence-electron chi connectivity index (χ3n) is 9.13. The highest BCUT2D eigenvalue weighted by Gasteiger charge is 2.27. The number of quaternary nitrogens is 1. The number of aliphatic hydroxyl groups excluding tert-OH is 1. The maximum Gasteiger partial charge on any atom is 0.472 e. The molecule has 0 aliphatic carbocycles. The van der Waals surface area contributed by atoms with Gasteiger partial charge in [0.2, 0.25) is 5.91 Å². The highest BCUT2D eigenvalue weighted by molar-refractivity contribution is 7.47. The van der Waals surface area contributed by atoms with Crippen molar-refractivity contribution in [2.75, 3.05) is 40.9 Å². The Bertz CT molecular complexity index is 1120. The minimum Gasteiger partial charge on any atom is -0.387 e. The Labute approximate surface area is 338 Å². The number of allylic oxidation sites excluding steroid dienone is 11. The highest BCUT2D eigenvalue weighted by atomic mass is 31.2. The molecule has 0 radical (unpaired) electrons. The lowest BCUT2D eigenvalue weighted by Gasteiger charge is -2.25. The van der Waals surface area contributed by atoms with Crippen molar-refractivity contribution < 1.29 is 32.9 Å². The van der Waals surface area contributed by atoms with Crippen LogP contribution in [0.1, 0.15) is 162 Å². The van der Waals surface area contributed by atoms with Gasteiger partial charge in [0.1, 0.15) is 13.2 Å². The summed E-state index contributed by atoms with van der Waals surface area (Å²) < 4.78 is 23.5. The van der Waals surface area contributed by atoms with Gasteiger partial charge in [-0.2, -0.15) is 0 Å². The minimum absolute atomic E-state index is 0.0470. The van der Waals surface area contributed by atoms with Gasteiger partial charge in [-0.15, -0.1) is 0 Å². The number of nitrogens with zero attached hydrogens (tertiary/aromatic N) is 1. The Balaban J connectivity index is 4.47. The fourth-order valence-corrected chi connectivity index (χ4v) is 6.33. The highest BCUT2D eigenvalue weighted by Crippen LogP contribution is 2.43. The number of rotatable bonds is 38. The molecule has 1 amide bonds. The molecule has 8 nitrogen and oxygen atoms in total. The number of hydrogen-bond acceptors (Lipinski definition) is 5. The van der Waals surface area contributed by atoms with Crippen molar-refractivity contribution in [3.8, 4) is 0 Å². The monoisotopic (exact) mass is 792 g/mol. The van der Waals surface area contributed by atoms with E-state index in [1.165, 1.54) is 64.2 Å². The van der Waals surface area contributed by atoms with Gasteiger partial charge in [-0.25, -0.2) is 4.57 Å². The number of unbranched alkanes of at least 4 members (excludes halogenated alkanes) is 15. The van der Waals surface area contributed by atoms with E-state index in [0.717, 1.165) is 77.0 Å². The molecule has 0 aliphatic heterocycles. The summed E-state index contributed by atoms with van der Waals surface area (Å²) in [6.45, 7) is 4.68. The fraction of sp³-hybridized carbons (Fsp3) is 0.717. The van der Waals surface area contributed by atoms with E-state index in [0.29, 0.717) is 17.4 Å². The molecule has 0 saturated heterocycles. The molecule has 9 heteroatoms. The Morgan fingerprint density at radius 3 is 1.64 bits per heavy atom. The van der Waals surface area contributed by atoms with Crippen LogP contribution in [0.3, 0.4) is 0 Å². The molecule has 3 unspecified atom stereocenters. The standard InChI is InChI=1S/C46H83N2O6P/c1-6-8-10-12-14-16-18-20-21-22-23-24-25-26-27-28-30-32-34-36-38-40-46(50)47-44(43-54-55(51,52)53-42-41-48(3,4)5)45(49)39-37-35-33-31-29-19-17-15-13-11-9-7-2/h13,15,18,20,22-23,25-26,29,31,37,39,44-45,49H,6-12,14,16-17,19,21,24,27-28,30,32-36,38,40-43H2,1-5H3,(H-,47,50,51,52)/p+1/b15-13+,20-18-,23-22-,26-25-,31-29+,39-37+. The first-order valence-corrected chi connectivity index (χ1v) is 23.3. The molecule has 3 N–H and O–H groups in total. The molecule has 318 valence electrons. The molecule has 0 aliphatic rings. The van der Waals surface area contributed by atoms with Gasteiger partial charge in [-0.05, 0) is 77.0 Å². The Kier molecular flexibility index (Phi) is 36.1. The molecule has 0 spiro atoms. The Morgan fingerprint density at radius 2 is 1.07 bits per heavy atom. The second-order valence-electron chi connectivity index (χ2n) is 15.7. The van der Waals surface area contributed by atoms with Crippen LogP contribution in [0.4, 0.5) is 0 Å². The van der Waals surface area contributed by atoms with Crippen LogP contribution in [0, 0.1) is 0 Å². The van der Waals surface area contributed by atoms with Crippen molar-refractivity contribution in [1.82, 2.24) is 5.32 Å². The van der Waals surface area contributed by atoms with Crippen LogP contribution in [0.5, 0.6) is 0 Å². The second kappa shape index (κ2) is 37.5. The molecule has 3 atom stereocenters. The van der Waals surface area contributed by atoms with Crippen LogP contribution in [0.25, 0.3) is 0 Å². The summed E-state index contributed by atoms with van der Waals surface area (Å²) in [7, 11) is 1.52. The largest absolute Gasteiger partial charge is 0.472 e. The number of carbonyl (C=O) groups excluding carboxylic acids is 1. The predicted molar refractivity (Wildman–Crippen MR) is 235 cm³/mol. The van der Waals surface area contributed by atoms with Gasteiger partial charge >= 0.3 is 7.82 Å². The Morgan fingerprint density at radius 1 is 0.618 bits per heavy atom. The summed E-state index contributed by atoms with van der Waals surface area (Å²) in [5.74, 6) is -0.209. The lowest BCUT2D eigenvalue weighted by Crippen LogP contribution is -2.45. The zero-order valence-electron chi connectivity index (χ0n) is 35.9. The average Bonchev–Trinajstić information content (AvgIpc) is 3.13. The third-order valence-corrected chi connectivity index (χ3v) is 10.1. The van der Waals surface area contributed by atoms with Crippen molar-refractivity contribution in [3.63, 3.8) is 0 Å². The number of carbonyl (C=O) groups is 1. The molecule has 0 aromatic rings. The smallest absolute Gasteiger partial charge is 0.387 e. The summed E-state index contributed by atoms with van der Waals surface area (Å²) in [4.78, 5) is 23.1. The Hall–Kier alpha value is -2.06. The van der Waals surface area contributed by atoms with E-state index in [1.807, 2.05) is 27.2 Å². The van der Waals surface area contributed by atoms with Gasteiger partial charge in [0.15, 0.2) is 0 Å². The first kappa shape index (κ1) is 52.9. The van der Waals surface area contributed by atoms with E-state index < -0.39 is 20.0 Å². The van der Waals surface area contributed by atoms with Gasteiger partial charge in [-0.3, -0.25) is 13.8 Å². The SMILES string of the molecule is CCCC/C=C/CC/C=C/CC/C=C/C(O)C(COP(=O)(O)OCC[N+](C)(C)C)NC(=O)CCCCCCCC/C=C\C/C=C\C/C=C\CCCCCCC. The second-order valence-corrected chi connectivity index (χ2v) is 17.1. The van der Waals surface area contributed by atoms with E-state index in [1.54, 1.807) is 6.08 Å². The minimum atomic E-state index is -4.35. The summed E-state index contributed by atoms with van der Waals surface area (Å²) in [5, 5.41) is 13.7. The number of hydrogen-bond donors (Lipinski definition) is 3. The van der Waals surface area contributed by atoms with Gasteiger partial charge in [0.05, 0.1) is 39.9 Å². The van der Waals surface area contributed by atoms with E-state index in [9.17, 15) is 19.4 Å². The number of aliphatic hydroxyl groups is 1. The van der Waals surface area contributed by atoms with Crippen molar-refractivity contribution in [3.05, 3.63) is 72.9 Å². The van der Waals surface area contributed by atoms with Crippen LogP contribution >= 0.6 is 7.82 Å². The molecule has 0 fully saturated rings. The van der Waals surface area contributed by atoms with Crippen molar-refractivity contribution in [2.24, 2.45) is 0 Å². The molecule has 55 heavy (non-hydrogen) atoms. The molecular formula is C46H84N2O6P+. The van der Waals surface area contributed by atoms with Crippen LogP contribution in [-0.2, 0) is 18.4 Å². The molecule has 0 bridgehead atoms. The topological polar surface area (TPSA) is 105 Å². The van der Waals surface area contributed by atoms with Crippen molar-refractivity contribution in [1.29, 1.82) is 0 Å². The van der Waals surface area contributed by atoms with Crippen LogP contribution in [-0.4, -0.2) is 73.4 Å². The first-order valence-electron chi connectivity index (χ1n) is 21.8. The predicted octanol–water partition coefficient (Wildman–Crippen LogP) is 12.0. The van der Waals surface area contributed by atoms with Crippen LogP contribution in [0.15, 0.2) is 72.9 Å². The summed E-state index contributed by atoms with van der Waals surface area (Å²) >= 11 is 0. The number of likely N-dealkylation sites (N-methyl/N-ethyl adjacent to an activating group) is 1. The number of nitrogens with one attached hydrogen (secondary N) is 1. The van der Waals surface area contributed by atoms with E-state index in [4.69, 9.17) is 9.05 Å². The third kappa shape index (κ3) is 40.0. The fourth-order valence-electron chi connectivity index (χ4n) is 5.59. The zero-order chi connectivity index (χ0) is 40.7. The summed E-state index contributed by atoms with van der Waals surface area (Å²) in [6, 6.07) is -0.878. The van der Waals surface area contributed by atoms with E-state index in [2.05, 4.69) is 79.9 Å². The van der Waals surface area contributed by atoms with Gasteiger partial charge in [-0.1, -0.05) is 151 Å². The molecule has 0 heterocycles. The van der Waals surface area contributed by atoms with E-state index >= 15 is 0 Å². The summed E-state index contributed by atoms with van der Waals surface area (Å²) in [5.41, 5.74) is 0. The number of amides is 1.